The average molecular weight is 211 g/mol. The van der Waals surface area contributed by atoms with Crippen LogP contribution in [0.2, 0.25) is 0 Å². The van der Waals surface area contributed by atoms with E-state index in [2.05, 4.69) is 4.98 Å². The molecule has 0 atom stereocenters. The van der Waals surface area contributed by atoms with Crippen molar-refractivity contribution >= 4 is 6.29 Å². The van der Waals surface area contributed by atoms with Crippen LogP contribution in [0.3, 0.4) is 0 Å². The molecule has 0 aliphatic rings. The molecule has 0 aliphatic heterocycles. The second-order valence-electron chi connectivity index (χ2n) is 2.70. The molecule has 0 radical (unpaired) electrons. The van der Waals surface area contributed by atoms with Crippen molar-refractivity contribution in [2.75, 3.05) is 0 Å². The van der Waals surface area contributed by atoms with Crippen molar-refractivity contribution in [2.24, 2.45) is 5.73 Å². The molecule has 0 aliphatic carbocycles. The van der Waals surface area contributed by atoms with Gasteiger partial charge in [0, 0.05) is 12.1 Å². The minimum absolute atomic E-state index is 0.0632. The molecular formula is C9H7F2N3O. The summed E-state index contributed by atoms with van der Waals surface area (Å²) in [5, 5.41) is 8.63. The molecule has 15 heavy (non-hydrogen) atoms. The number of carbonyl (C=O) groups is 1. The maximum atomic E-state index is 12.5. The van der Waals surface area contributed by atoms with Crippen LogP contribution >= 0.6 is 0 Å². The minimum atomic E-state index is -2.90. The van der Waals surface area contributed by atoms with Gasteiger partial charge < -0.3 is 5.73 Å². The quantitative estimate of drug-likeness (QED) is 0.761. The van der Waals surface area contributed by atoms with E-state index in [-0.39, 0.29) is 17.8 Å². The Bertz CT molecular complexity index is 426. The average Bonchev–Trinajstić information content (AvgIpc) is 2.26. The van der Waals surface area contributed by atoms with Gasteiger partial charge in [-0.3, -0.25) is 4.79 Å². The first-order valence-electron chi connectivity index (χ1n) is 4.01. The van der Waals surface area contributed by atoms with Crippen molar-refractivity contribution in [2.45, 2.75) is 13.0 Å². The Labute approximate surface area is 84.3 Å². The molecule has 6 heteroatoms. The van der Waals surface area contributed by atoms with Crippen molar-refractivity contribution in [1.29, 1.82) is 5.26 Å². The molecule has 0 unspecified atom stereocenters. The third-order valence-electron chi connectivity index (χ3n) is 1.79. The van der Waals surface area contributed by atoms with Crippen LogP contribution in [0, 0.1) is 11.3 Å². The van der Waals surface area contributed by atoms with E-state index in [9.17, 15) is 13.6 Å². The highest BCUT2D eigenvalue weighted by molar-refractivity contribution is 5.79. The highest BCUT2D eigenvalue weighted by Gasteiger charge is 2.19. The van der Waals surface area contributed by atoms with Gasteiger partial charge in [0.05, 0.1) is 11.3 Å². The van der Waals surface area contributed by atoms with Crippen LogP contribution in [-0.4, -0.2) is 11.3 Å². The molecule has 0 aromatic carbocycles. The third kappa shape index (κ3) is 2.14. The van der Waals surface area contributed by atoms with E-state index < -0.39 is 17.7 Å². The van der Waals surface area contributed by atoms with Gasteiger partial charge in [0.2, 0.25) is 0 Å². The standard InChI is InChI=1S/C9H7F2N3O/c10-9(11)8-7(3-13)5(4-15)1-6(2-12)14-8/h1,4,9H,2,12H2. The molecule has 1 aromatic rings. The van der Waals surface area contributed by atoms with Gasteiger partial charge in [-0.25, -0.2) is 13.8 Å². The summed E-state index contributed by atoms with van der Waals surface area (Å²) in [5.74, 6) is 0. The molecule has 4 nitrogen and oxygen atoms in total. The van der Waals surface area contributed by atoms with E-state index in [0.717, 1.165) is 0 Å². The molecule has 0 spiro atoms. The first-order valence-corrected chi connectivity index (χ1v) is 4.01. The van der Waals surface area contributed by atoms with Crippen LogP contribution in [0.25, 0.3) is 0 Å². The normalized spacial score (nSPS) is 10.1. The first-order chi connectivity index (χ1) is 7.13. The maximum absolute atomic E-state index is 12.5. The molecule has 1 rings (SSSR count). The van der Waals surface area contributed by atoms with Gasteiger partial charge in [0.1, 0.15) is 11.8 Å². The number of nitrogens with zero attached hydrogens (tertiary/aromatic N) is 2. The van der Waals surface area contributed by atoms with Gasteiger partial charge in [-0.1, -0.05) is 0 Å². The monoisotopic (exact) mass is 211 g/mol. The topological polar surface area (TPSA) is 79.8 Å². The summed E-state index contributed by atoms with van der Waals surface area (Å²) in [6.45, 7) is -0.0632. The van der Waals surface area contributed by atoms with Crippen molar-refractivity contribution in [3.8, 4) is 6.07 Å². The number of rotatable bonds is 3. The van der Waals surface area contributed by atoms with E-state index in [4.69, 9.17) is 11.0 Å². The number of nitrogens with two attached hydrogens (primary N) is 1. The number of aldehydes is 1. The highest BCUT2D eigenvalue weighted by Crippen LogP contribution is 2.23. The third-order valence-corrected chi connectivity index (χ3v) is 1.79. The summed E-state index contributed by atoms with van der Waals surface area (Å²) >= 11 is 0. The number of aromatic nitrogens is 1. The number of hydrogen-bond acceptors (Lipinski definition) is 4. The predicted octanol–water partition coefficient (Wildman–Crippen LogP) is 1.16. The molecule has 0 bridgehead atoms. The Morgan fingerprint density at radius 1 is 1.67 bits per heavy atom. The summed E-state index contributed by atoms with van der Waals surface area (Å²) in [4.78, 5) is 14.1. The van der Waals surface area contributed by atoms with E-state index in [0.29, 0.717) is 6.29 Å². The van der Waals surface area contributed by atoms with Gasteiger partial charge in [-0.05, 0) is 6.07 Å². The highest BCUT2D eigenvalue weighted by atomic mass is 19.3. The summed E-state index contributed by atoms with van der Waals surface area (Å²) in [6.07, 6.45) is -2.56. The number of halogens is 2. The van der Waals surface area contributed by atoms with Gasteiger partial charge in [0.15, 0.2) is 6.29 Å². The summed E-state index contributed by atoms with van der Waals surface area (Å²) in [5.41, 5.74) is 4.19. The summed E-state index contributed by atoms with van der Waals surface area (Å²) < 4.78 is 25.0. The molecule has 78 valence electrons. The lowest BCUT2D eigenvalue weighted by Crippen LogP contribution is -2.07. The van der Waals surface area contributed by atoms with Crippen LogP contribution in [0.15, 0.2) is 6.07 Å². The fraction of sp³-hybridized carbons (Fsp3) is 0.222. The number of nitriles is 1. The molecule has 1 aromatic heterocycles. The van der Waals surface area contributed by atoms with E-state index >= 15 is 0 Å². The number of alkyl halides is 2. The summed E-state index contributed by atoms with van der Waals surface area (Å²) in [6, 6.07) is 2.77. The van der Waals surface area contributed by atoms with E-state index in [1.165, 1.54) is 12.1 Å². The number of hydrogen-bond donors (Lipinski definition) is 1. The largest absolute Gasteiger partial charge is 0.325 e. The van der Waals surface area contributed by atoms with E-state index in [1.54, 1.807) is 0 Å². The Hall–Kier alpha value is -1.87. The van der Waals surface area contributed by atoms with Crippen molar-refractivity contribution in [3.63, 3.8) is 0 Å². The second-order valence-corrected chi connectivity index (χ2v) is 2.70. The molecule has 0 amide bonds. The first kappa shape index (κ1) is 11.2. The zero-order valence-electron chi connectivity index (χ0n) is 7.58. The molecular weight excluding hydrogens is 204 g/mol. The lowest BCUT2D eigenvalue weighted by molar-refractivity contribution is 0.112. The molecule has 1 heterocycles. The van der Waals surface area contributed by atoms with Crippen molar-refractivity contribution in [3.05, 3.63) is 28.6 Å². The lowest BCUT2D eigenvalue weighted by atomic mass is 10.1. The van der Waals surface area contributed by atoms with Crippen LogP contribution in [0.1, 0.15) is 33.7 Å². The molecule has 0 saturated carbocycles. The molecule has 0 saturated heterocycles. The smallest absolute Gasteiger partial charge is 0.281 e. The number of pyridine rings is 1. The van der Waals surface area contributed by atoms with Gasteiger partial charge in [0.25, 0.3) is 6.43 Å². The van der Waals surface area contributed by atoms with Crippen molar-refractivity contribution in [1.82, 2.24) is 4.98 Å². The van der Waals surface area contributed by atoms with Gasteiger partial charge >= 0.3 is 0 Å². The predicted molar refractivity (Wildman–Crippen MR) is 47.2 cm³/mol. The zero-order chi connectivity index (χ0) is 11.4. The fourth-order valence-electron chi connectivity index (χ4n) is 1.12. The number of carbonyl (C=O) groups excluding carboxylic acids is 1. The fourth-order valence-corrected chi connectivity index (χ4v) is 1.12. The molecule has 0 fully saturated rings. The SMILES string of the molecule is N#Cc1c(C=O)cc(CN)nc1C(F)F. The van der Waals surface area contributed by atoms with E-state index in [1.807, 2.05) is 0 Å². The maximum Gasteiger partial charge on any atom is 0.281 e. The zero-order valence-corrected chi connectivity index (χ0v) is 7.58. The Kier molecular flexibility index (Phi) is 3.42. The molecule has 2 N–H and O–H groups in total. The van der Waals surface area contributed by atoms with Crippen molar-refractivity contribution < 1.29 is 13.6 Å². The van der Waals surface area contributed by atoms with Crippen LogP contribution in [-0.2, 0) is 6.54 Å². The Balaban J connectivity index is 3.47. The second kappa shape index (κ2) is 4.57. The van der Waals surface area contributed by atoms with Crippen LogP contribution in [0.5, 0.6) is 0 Å². The van der Waals surface area contributed by atoms with Gasteiger partial charge in [-0.2, -0.15) is 5.26 Å². The van der Waals surface area contributed by atoms with Gasteiger partial charge in [-0.15, -0.1) is 0 Å². The Morgan fingerprint density at radius 2 is 2.33 bits per heavy atom. The Morgan fingerprint density at radius 3 is 2.73 bits per heavy atom. The minimum Gasteiger partial charge on any atom is -0.325 e. The lowest BCUT2D eigenvalue weighted by Gasteiger charge is -2.06. The summed E-state index contributed by atoms with van der Waals surface area (Å²) in [7, 11) is 0. The van der Waals surface area contributed by atoms with Crippen LogP contribution < -0.4 is 5.73 Å². The van der Waals surface area contributed by atoms with Crippen LogP contribution in [0.4, 0.5) is 8.78 Å².